The largest absolute Gasteiger partial charge is 0.334 e. The number of rotatable bonds is 6. The molecule has 0 spiro atoms. The maximum atomic E-state index is 13.8. The fraction of sp³-hybridized carbons (Fsp3) is 0.308. The van der Waals surface area contributed by atoms with Crippen molar-refractivity contribution < 1.29 is 4.79 Å². The van der Waals surface area contributed by atoms with Gasteiger partial charge in [-0.2, -0.15) is 0 Å². The molecule has 5 heteroatoms. The number of fused-ring (bicyclic) bond motifs is 1. The van der Waals surface area contributed by atoms with Crippen molar-refractivity contribution in [2.24, 2.45) is 0 Å². The minimum absolute atomic E-state index is 0.178. The van der Waals surface area contributed by atoms with Crippen LogP contribution < -0.4 is 0 Å². The first-order valence-corrected chi connectivity index (χ1v) is 12.0. The highest BCUT2D eigenvalue weighted by molar-refractivity contribution is 7.13. The predicted octanol–water partition coefficient (Wildman–Crippen LogP) is 6.13. The maximum Gasteiger partial charge on any atom is 0.243 e. The molecule has 31 heavy (non-hydrogen) atoms. The summed E-state index contributed by atoms with van der Waals surface area (Å²) in [4.78, 5) is 21.8. The third kappa shape index (κ3) is 4.28. The third-order valence-electron chi connectivity index (χ3n) is 6.22. The Morgan fingerprint density at radius 1 is 0.968 bits per heavy atom. The number of nitrogens with zero attached hydrogens (tertiary/aromatic N) is 3. The van der Waals surface area contributed by atoms with Gasteiger partial charge in [-0.1, -0.05) is 67.8 Å². The first-order valence-electron chi connectivity index (χ1n) is 11.1. The molecule has 1 saturated carbocycles. The van der Waals surface area contributed by atoms with Crippen LogP contribution in [0.25, 0.3) is 21.7 Å². The molecule has 2 aromatic heterocycles. The zero-order chi connectivity index (χ0) is 21.0. The van der Waals surface area contributed by atoms with Crippen molar-refractivity contribution in [1.82, 2.24) is 14.5 Å². The maximum absolute atomic E-state index is 13.8. The Bertz CT molecular complexity index is 1140. The number of carbonyl (C=O) groups excluding carboxylic acids is 1. The van der Waals surface area contributed by atoms with Gasteiger partial charge < -0.3 is 9.47 Å². The monoisotopic (exact) mass is 429 g/mol. The third-order valence-corrected chi connectivity index (χ3v) is 7.09. The first kappa shape index (κ1) is 20.0. The van der Waals surface area contributed by atoms with Crippen molar-refractivity contribution in [2.45, 2.75) is 51.2 Å². The van der Waals surface area contributed by atoms with E-state index in [1.807, 2.05) is 30.3 Å². The molecule has 5 rings (SSSR count). The smallest absolute Gasteiger partial charge is 0.243 e. The quantitative estimate of drug-likeness (QED) is 0.370. The molecule has 0 bridgehead atoms. The van der Waals surface area contributed by atoms with Gasteiger partial charge in [0.05, 0.1) is 15.9 Å². The number of hydrogen-bond acceptors (Lipinski definition) is 3. The van der Waals surface area contributed by atoms with Gasteiger partial charge in [0.25, 0.3) is 0 Å². The van der Waals surface area contributed by atoms with Gasteiger partial charge in [-0.25, -0.2) is 4.98 Å². The van der Waals surface area contributed by atoms with Crippen LogP contribution in [-0.2, 0) is 17.9 Å². The summed E-state index contributed by atoms with van der Waals surface area (Å²) in [5.74, 6) is 1.06. The van der Waals surface area contributed by atoms with Crippen LogP contribution in [0.2, 0.25) is 0 Å². The molecule has 1 aliphatic rings. The number of thiophene rings is 1. The Kier molecular flexibility index (Phi) is 5.85. The normalized spacial score (nSPS) is 14.7. The Balaban J connectivity index is 1.49. The predicted molar refractivity (Wildman–Crippen MR) is 127 cm³/mol. The van der Waals surface area contributed by atoms with Crippen LogP contribution in [0.4, 0.5) is 0 Å². The number of carbonyl (C=O) groups is 1. The van der Waals surface area contributed by atoms with E-state index in [0.717, 1.165) is 34.6 Å². The highest BCUT2D eigenvalue weighted by atomic mass is 32.1. The van der Waals surface area contributed by atoms with E-state index in [9.17, 15) is 4.79 Å². The molecule has 0 radical (unpaired) electrons. The van der Waals surface area contributed by atoms with Gasteiger partial charge in [-0.05, 0) is 42.0 Å². The average molecular weight is 430 g/mol. The summed E-state index contributed by atoms with van der Waals surface area (Å²) >= 11 is 1.66. The van der Waals surface area contributed by atoms with Crippen molar-refractivity contribution in [3.8, 4) is 10.7 Å². The lowest BCUT2D eigenvalue weighted by Crippen LogP contribution is -2.42. The molecular weight excluding hydrogens is 402 g/mol. The second-order valence-electron chi connectivity index (χ2n) is 8.29. The molecular formula is C26H27N3OS. The summed E-state index contributed by atoms with van der Waals surface area (Å²) in [5.41, 5.74) is 3.14. The van der Waals surface area contributed by atoms with Crippen molar-refractivity contribution >= 4 is 28.3 Å². The number of para-hydroxylation sites is 2. The van der Waals surface area contributed by atoms with Crippen molar-refractivity contribution in [1.29, 1.82) is 0 Å². The van der Waals surface area contributed by atoms with Gasteiger partial charge in [0.2, 0.25) is 5.91 Å². The molecule has 1 fully saturated rings. The zero-order valence-corrected chi connectivity index (χ0v) is 18.4. The highest BCUT2D eigenvalue weighted by Gasteiger charge is 2.27. The molecule has 2 aromatic carbocycles. The van der Waals surface area contributed by atoms with Crippen molar-refractivity contribution in [3.05, 3.63) is 77.7 Å². The van der Waals surface area contributed by atoms with E-state index in [-0.39, 0.29) is 5.91 Å². The van der Waals surface area contributed by atoms with Gasteiger partial charge in [0.15, 0.2) is 5.82 Å². The lowest BCUT2D eigenvalue weighted by atomic mass is 9.93. The van der Waals surface area contributed by atoms with Crippen LogP contribution in [0.15, 0.2) is 72.1 Å². The average Bonchev–Trinajstić information content (AvgIpc) is 3.47. The molecule has 4 aromatic rings. The van der Waals surface area contributed by atoms with Crippen molar-refractivity contribution in [3.63, 3.8) is 0 Å². The second-order valence-corrected chi connectivity index (χ2v) is 9.23. The van der Waals surface area contributed by atoms with E-state index in [4.69, 9.17) is 4.98 Å². The SMILES string of the molecule is O=C(Cn1c(-c2cccs2)nc2ccccc21)N(Cc1ccccc1)C1CCCCC1. The van der Waals surface area contributed by atoms with Gasteiger partial charge in [0, 0.05) is 12.6 Å². The molecule has 1 amide bonds. The first-order chi connectivity index (χ1) is 15.3. The van der Waals surface area contributed by atoms with Crippen LogP contribution in [0, 0.1) is 0 Å². The minimum atomic E-state index is 0.178. The summed E-state index contributed by atoms with van der Waals surface area (Å²) < 4.78 is 2.10. The minimum Gasteiger partial charge on any atom is -0.334 e. The van der Waals surface area contributed by atoms with Crippen LogP contribution in [0.3, 0.4) is 0 Å². The zero-order valence-electron chi connectivity index (χ0n) is 17.6. The van der Waals surface area contributed by atoms with Gasteiger partial charge in [-0.15, -0.1) is 11.3 Å². The lowest BCUT2D eigenvalue weighted by molar-refractivity contribution is -0.135. The van der Waals surface area contributed by atoms with Gasteiger partial charge >= 0.3 is 0 Å². The summed E-state index contributed by atoms with van der Waals surface area (Å²) in [7, 11) is 0. The number of aromatic nitrogens is 2. The van der Waals surface area contributed by atoms with Crippen LogP contribution in [0.5, 0.6) is 0 Å². The second kappa shape index (κ2) is 9.06. The van der Waals surface area contributed by atoms with E-state index in [0.29, 0.717) is 19.1 Å². The van der Waals surface area contributed by atoms with E-state index in [1.165, 1.54) is 24.8 Å². The Morgan fingerprint density at radius 3 is 2.52 bits per heavy atom. The van der Waals surface area contributed by atoms with Gasteiger partial charge in [-0.3, -0.25) is 4.79 Å². The molecule has 0 aliphatic heterocycles. The van der Waals surface area contributed by atoms with Crippen LogP contribution in [-0.4, -0.2) is 26.4 Å². The molecule has 158 valence electrons. The molecule has 2 heterocycles. The standard InChI is InChI=1S/C26H27N3OS/c30-25(28(21-12-5-2-6-13-21)18-20-10-3-1-4-11-20)19-29-23-15-8-7-14-22(23)27-26(29)24-16-9-17-31-24/h1,3-4,7-11,14-17,21H,2,5-6,12-13,18-19H2. The highest BCUT2D eigenvalue weighted by Crippen LogP contribution is 2.29. The van der Waals surface area contributed by atoms with E-state index < -0.39 is 0 Å². The molecule has 0 saturated heterocycles. The Morgan fingerprint density at radius 2 is 1.74 bits per heavy atom. The van der Waals surface area contributed by atoms with Crippen LogP contribution in [0.1, 0.15) is 37.7 Å². The molecule has 0 atom stereocenters. The van der Waals surface area contributed by atoms with E-state index >= 15 is 0 Å². The summed E-state index contributed by atoms with van der Waals surface area (Å²) in [5, 5.41) is 2.06. The molecule has 0 unspecified atom stereocenters. The Labute approximate surface area is 187 Å². The Hall–Kier alpha value is -2.92. The fourth-order valence-electron chi connectivity index (χ4n) is 4.65. The van der Waals surface area contributed by atoms with Crippen LogP contribution >= 0.6 is 11.3 Å². The molecule has 4 nitrogen and oxygen atoms in total. The topological polar surface area (TPSA) is 38.1 Å². The number of hydrogen-bond donors (Lipinski definition) is 0. The fourth-order valence-corrected chi connectivity index (χ4v) is 5.37. The van der Waals surface area contributed by atoms with Gasteiger partial charge in [0.1, 0.15) is 6.54 Å². The number of benzene rings is 2. The summed E-state index contributed by atoms with van der Waals surface area (Å²) in [6, 6.07) is 22.9. The number of amides is 1. The summed E-state index contributed by atoms with van der Waals surface area (Å²) in [6.45, 7) is 0.988. The number of imidazole rings is 1. The molecule has 0 N–H and O–H groups in total. The van der Waals surface area contributed by atoms with Crippen molar-refractivity contribution in [2.75, 3.05) is 0 Å². The lowest BCUT2D eigenvalue weighted by Gasteiger charge is -2.35. The summed E-state index contributed by atoms with van der Waals surface area (Å²) in [6.07, 6.45) is 5.88. The molecule has 1 aliphatic carbocycles. The van der Waals surface area contributed by atoms with E-state index in [2.05, 4.69) is 51.2 Å². The van der Waals surface area contributed by atoms with E-state index in [1.54, 1.807) is 11.3 Å².